The molecule has 1 atom stereocenters. The van der Waals surface area contributed by atoms with Crippen LogP contribution in [0.5, 0.6) is 0 Å². The lowest BCUT2D eigenvalue weighted by Gasteiger charge is -2.43. The molecule has 0 amide bonds. The molecule has 0 unspecified atom stereocenters. The van der Waals surface area contributed by atoms with E-state index in [0.717, 1.165) is 69.8 Å². The van der Waals surface area contributed by atoms with Gasteiger partial charge in [0.15, 0.2) is 0 Å². The van der Waals surface area contributed by atoms with Crippen molar-refractivity contribution in [3.05, 3.63) is 46.1 Å². The Morgan fingerprint density at radius 2 is 2.03 bits per heavy atom. The zero-order valence-electron chi connectivity index (χ0n) is 17.2. The number of nitrogens with zero attached hydrogens (tertiary/aromatic N) is 2. The second kappa shape index (κ2) is 8.46. The summed E-state index contributed by atoms with van der Waals surface area (Å²) >= 11 is 7.89. The van der Waals surface area contributed by atoms with Gasteiger partial charge in [-0.15, -0.1) is 0 Å². The number of aliphatic hydroxyl groups excluding tert-OH is 1. The molecule has 29 heavy (non-hydrogen) atoms. The van der Waals surface area contributed by atoms with Crippen LogP contribution in [0.15, 0.2) is 34.2 Å². The fraction of sp³-hybridized carbons (Fsp3) is 0.522. The lowest BCUT2D eigenvalue weighted by atomic mass is 9.74. The van der Waals surface area contributed by atoms with Crippen LogP contribution in [0.25, 0.3) is 0 Å². The van der Waals surface area contributed by atoms with Gasteiger partial charge in [-0.25, -0.2) is 4.98 Å². The summed E-state index contributed by atoms with van der Waals surface area (Å²) in [5, 5.41) is 11.7. The monoisotopic (exact) mass is 431 g/mol. The van der Waals surface area contributed by atoms with Crippen molar-refractivity contribution in [3.63, 3.8) is 0 Å². The second-order valence-corrected chi connectivity index (χ2v) is 9.99. The molecule has 1 aromatic heterocycles. The highest BCUT2D eigenvalue weighted by Crippen LogP contribution is 2.46. The molecule has 2 heterocycles. The van der Waals surface area contributed by atoms with Gasteiger partial charge in [-0.1, -0.05) is 35.9 Å². The van der Waals surface area contributed by atoms with Gasteiger partial charge in [-0.3, -0.25) is 0 Å². The van der Waals surface area contributed by atoms with Gasteiger partial charge in [0.05, 0.1) is 18.0 Å². The van der Waals surface area contributed by atoms with Crippen LogP contribution in [-0.2, 0) is 6.61 Å². The lowest BCUT2D eigenvalue weighted by Crippen LogP contribution is -2.47. The maximum absolute atomic E-state index is 10.0. The third-order valence-electron chi connectivity index (χ3n) is 6.87. The Labute approximate surface area is 182 Å². The molecule has 156 valence electrons. The average molecular weight is 432 g/mol. The maximum Gasteiger partial charge on any atom is 0.104 e. The second-order valence-electron chi connectivity index (χ2n) is 8.55. The fourth-order valence-corrected chi connectivity index (χ4v) is 6.12. The van der Waals surface area contributed by atoms with Crippen LogP contribution in [0.3, 0.4) is 0 Å². The van der Waals surface area contributed by atoms with E-state index in [1.807, 2.05) is 19.1 Å². The van der Waals surface area contributed by atoms with Crippen LogP contribution < -0.4 is 10.6 Å². The van der Waals surface area contributed by atoms with E-state index in [0.29, 0.717) is 11.5 Å². The quantitative estimate of drug-likeness (QED) is 0.705. The molecule has 0 radical (unpaired) electrons. The van der Waals surface area contributed by atoms with Crippen molar-refractivity contribution in [1.29, 1.82) is 0 Å². The molecule has 1 saturated carbocycles. The molecule has 2 aromatic rings. The van der Waals surface area contributed by atoms with Crippen molar-refractivity contribution in [2.24, 2.45) is 11.1 Å². The first-order chi connectivity index (χ1) is 13.9. The zero-order chi connectivity index (χ0) is 20.6. The Morgan fingerprint density at radius 1 is 1.28 bits per heavy atom. The number of anilines is 1. The molecule has 1 aromatic carbocycles. The zero-order valence-corrected chi connectivity index (χ0v) is 18.8. The first kappa shape index (κ1) is 21.0. The number of benzene rings is 1. The number of pyridine rings is 1. The minimum Gasteiger partial charge on any atom is -0.390 e. The van der Waals surface area contributed by atoms with Gasteiger partial charge < -0.3 is 15.7 Å². The van der Waals surface area contributed by atoms with Gasteiger partial charge in [0.2, 0.25) is 0 Å². The highest BCUT2D eigenvalue weighted by Gasteiger charge is 2.43. The van der Waals surface area contributed by atoms with Crippen molar-refractivity contribution >= 4 is 29.1 Å². The molecule has 1 spiro atoms. The largest absolute Gasteiger partial charge is 0.390 e. The van der Waals surface area contributed by atoms with E-state index in [4.69, 9.17) is 22.3 Å². The normalized spacial score (nSPS) is 21.1. The third-order valence-corrected chi connectivity index (χ3v) is 8.55. The predicted octanol–water partition coefficient (Wildman–Crippen LogP) is 5.09. The molecular weight excluding hydrogens is 402 g/mol. The van der Waals surface area contributed by atoms with Crippen molar-refractivity contribution in [1.82, 2.24) is 4.98 Å². The number of aryl methyl sites for hydroxylation is 1. The summed E-state index contributed by atoms with van der Waals surface area (Å²) in [6.07, 6.45) is 5.96. The number of aromatic nitrogens is 1. The molecule has 4 rings (SSSR count). The summed E-state index contributed by atoms with van der Waals surface area (Å²) in [6.45, 7) is 6.04. The predicted molar refractivity (Wildman–Crippen MR) is 121 cm³/mol. The highest BCUT2D eigenvalue weighted by atomic mass is 35.5. The number of nitrogens with two attached hydrogens (primary N) is 1. The average Bonchev–Trinajstić information content (AvgIpc) is 3.07. The van der Waals surface area contributed by atoms with E-state index >= 15 is 0 Å². The third kappa shape index (κ3) is 4.02. The first-order valence-corrected chi connectivity index (χ1v) is 11.7. The van der Waals surface area contributed by atoms with E-state index in [2.05, 4.69) is 24.0 Å². The first-order valence-electron chi connectivity index (χ1n) is 10.5. The maximum atomic E-state index is 10.0. The SMILES string of the molecule is Cc1cc(N2CCC3(CCC[C@H]3N)CC2)c(CO)nc1Sc1cccc(Cl)c1C. The Kier molecular flexibility index (Phi) is 6.12. The molecule has 4 nitrogen and oxygen atoms in total. The molecular formula is C23H30ClN3OS. The molecule has 0 bridgehead atoms. The summed E-state index contributed by atoms with van der Waals surface area (Å²) in [4.78, 5) is 8.33. The lowest BCUT2D eigenvalue weighted by molar-refractivity contribution is 0.197. The minimum absolute atomic E-state index is 0.0567. The summed E-state index contributed by atoms with van der Waals surface area (Å²) in [5.74, 6) is 0. The number of hydrogen-bond donors (Lipinski definition) is 2. The van der Waals surface area contributed by atoms with Gasteiger partial charge in [0.1, 0.15) is 5.03 Å². The summed E-state index contributed by atoms with van der Waals surface area (Å²) in [7, 11) is 0. The Balaban J connectivity index is 1.56. The fourth-order valence-electron chi connectivity index (χ4n) is 4.89. The van der Waals surface area contributed by atoms with Gasteiger partial charge >= 0.3 is 0 Å². The standard InChI is InChI=1S/C23H30ClN3OS/c1-15-13-19(27-11-9-23(10-12-27)8-4-7-21(23)25)18(14-28)26-22(15)29-20-6-3-5-17(24)16(20)2/h3,5-6,13,21,28H,4,7-12,14,25H2,1-2H3/t21-/m1/s1. The molecule has 1 saturated heterocycles. The van der Waals surface area contributed by atoms with E-state index < -0.39 is 0 Å². The van der Waals surface area contributed by atoms with Gasteiger partial charge in [-0.2, -0.15) is 0 Å². The van der Waals surface area contributed by atoms with E-state index in [-0.39, 0.29) is 6.61 Å². The van der Waals surface area contributed by atoms with Crippen molar-refractivity contribution in [2.45, 2.75) is 68.5 Å². The minimum atomic E-state index is -0.0567. The molecule has 2 aliphatic rings. The van der Waals surface area contributed by atoms with Crippen LogP contribution >= 0.6 is 23.4 Å². The van der Waals surface area contributed by atoms with Crippen LogP contribution in [0.2, 0.25) is 5.02 Å². The summed E-state index contributed by atoms with van der Waals surface area (Å²) in [6, 6.07) is 8.47. The smallest absolute Gasteiger partial charge is 0.104 e. The number of halogens is 1. The topological polar surface area (TPSA) is 62.4 Å². The number of rotatable bonds is 4. The van der Waals surface area contributed by atoms with Crippen LogP contribution in [0.4, 0.5) is 5.69 Å². The molecule has 3 N–H and O–H groups in total. The van der Waals surface area contributed by atoms with Crippen LogP contribution in [0, 0.1) is 19.3 Å². The van der Waals surface area contributed by atoms with Crippen molar-refractivity contribution < 1.29 is 5.11 Å². The Bertz CT molecular complexity index is 896. The molecule has 1 aliphatic heterocycles. The Hall–Kier alpha value is -1.27. The highest BCUT2D eigenvalue weighted by molar-refractivity contribution is 7.99. The van der Waals surface area contributed by atoms with Crippen LogP contribution in [-0.4, -0.2) is 29.2 Å². The van der Waals surface area contributed by atoms with Gasteiger partial charge in [0.25, 0.3) is 0 Å². The molecule has 2 fully saturated rings. The van der Waals surface area contributed by atoms with Crippen molar-refractivity contribution in [2.75, 3.05) is 18.0 Å². The Morgan fingerprint density at radius 3 is 2.69 bits per heavy atom. The van der Waals surface area contributed by atoms with E-state index in [1.54, 1.807) is 11.8 Å². The molecule has 1 aliphatic carbocycles. The van der Waals surface area contributed by atoms with Gasteiger partial charge in [0, 0.05) is 29.0 Å². The number of piperidine rings is 1. The van der Waals surface area contributed by atoms with Crippen LogP contribution in [0.1, 0.15) is 48.9 Å². The number of aliphatic hydroxyl groups is 1. The summed E-state index contributed by atoms with van der Waals surface area (Å²) in [5.41, 5.74) is 10.8. The van der Waals surface area contributed by atoms with Gasteiger partial charge in [-0.05, 0) is 74.3 Å². The number of hydrogen-bond acceptors (Lipinski definition) is 5. The molecule has 6 heteroatoms. The summed E-state index contributed by atoms with van der Waals surface area (Å²) < 4.78 is 0. The van der Waals surface area contributed by atoms with E-state index in [9.17, 15) is 5.11 Å². The van der Waals surface area contributed by atoms with Crippen molar-refractivity contribution in [3.8, 4) is 0 Å². The van der Waals surface area contributed by atoms with E-state index in [1.165, 1.54) is 12.8 Å².